The van der Waals surface area contributed by atoms with E-state index >= 15 is 0 Å². The summed E-state index contributed by atoms with van der Waals surface area (Å²) in [6.45, 7) is 3.37. The fourth-order valence-corrected chi connectivity index (χ4v) is 2.27. The van der Waals surface area contributed by atoms with Crippen LogP contribution in [0.15, 0.2) is 48.0 Å². The van der Waals surface area contributed by atoms with Gasteiger partial charge in [-0.05, 0) is 35.3 Å². The van der Waals surface area contributed by atoms with E-state index in [9.17, 15) is 18.4 Å². The summed E-state index contributed by atoms with van der Waals surface area (Å²) in [6.07, 6.45) is 1.35. The van der Waals surface area contributed by atoms with Gasteiger partial charge in [-0.3, -0.25) is 4.79 Å². The monoisotopic (exact) mass is 384 g/mol. The normalized spacial score (nSPS) is 11.1. The number of esters is 1. The Kier molecular flexibility index (Phi) is 6.99. The third-order valence-corrected chi connectivity index (χ3v) is 3.79. The molecule has 0 heterocycles. The van der Waals surface area contributed by atoms with Gasteiger partial charge in [0.1, 0.15) is 23.3 Å². The number of hydrogen-bond donors (Lipinski definition) is 1. The van der Waals surface area contributed by atoms with Crippen molar-refractivity contribution in [2.24, 2.45) is 0 Å². The molecule has 7 heteroatoms. The molecular weight excluding hydrogens is 366 g/mol. The Morgan fingerprint density at radius 3 is 2.43 bits per heavy atom. The molecule has 0 radical (unpaired) electrons. The summed E-state index contributed by atoms with van der Waals surface area (Å²) in [5, 5.41) is 11.3. The highest BCUT2D eigenvalue weighted by atomic mass is 19.1. The van der Waals surface area contributed by atoms with Crippen LogP contribution in [0.1, 0.15) is 30.9 Å². The van der Waals surface area contributed by atoms with Gasteiger partial charge in [-0.15, -0.1) is 0 Å². The van der Waals surface area contributed by atoms with Crippen LogP contribution in [-0.2, 0) is 14.3 Å². The average Bonchev–Trinajstić information content (AvgIpc) is 2.66. The summed E-state index contributed by atoms with van der Waals surface area (Å²) in [5.41, 5.74) is 1.22. The highest BCUT2D eigenvalue weighted by molar-refractivity contribution is 6.00. The van der Waals surface area contributed by atoms with Crippen LogP contribution in [0, 0.1) is 23.0 Å². The van der Waals surface area contributed by atoms with Crippen molar-refractivity contribution in [3.05, 3.63) is 70.8 Å². The molecule has 0 aliphatic heterocycles. The zero-order valence-electron chi connectivity index (χ0n) is 15.3. The van der Waals surface area contributed by atoms with E-state index in [0.29, 0.717) is 17.5 Å². The molecule has 0 aliphatic carbocycles. The predicted molar refractivity (Wildman–Crippen MR) is 100 cm³/mol. The molecule has 0 aliphatic rings. The SMILES string of the molecule is CC(C)c1ccc(/C=C(\C#N)C(=O)OCC(=O)Nc2ccc(F)cc2F)cc1. The van der Waals surface area contributed by atoms with Crippen LogP contribution in [0.3, 0.4) is 0 Å². The molecule has 0 saturated carbocycles. The van der Waals surface area contributed by atoms with Gasteiger partial charge in [-0.2, -0.15) is 5.26 Å². The number of anilines is 1. The fraction of sp³-hybridized carbons (Fsp3) is 0.190. The molecule has 2 aromatic rings. The number of nitriles is 1. The fourth-order valence-electron chi connectivity index (χ4n) is 2.27. The quantitative estimate of drug-likeness (QED) is 0.460. The molecule has 0 fully saturated rings. The van der Waals surface area contributed by atoms with Crippen LogP contribution in [0.25, 0.3) is 6.08 Å². The van der Waals surface area contributed by atoms with Gasteiger partial charge in [0.05, 0.1) is 5.69 Å². The number of hydrogen-bond acceptors (Lipinski definition) is 4. The number of carbonyl (C=O) groups excluding carboxylic acids is 2. The standard InChI is InChI=1S/C21H18F2N2O3/c1-13(2)15-5-3-14(4-6-15)9-16(11-24)21(27)28-12-20(26)25-19-8-7-17(22)10-18(19)23/h3-10,13H,12H2,1-2H3,(H,25,26)/b16-9+. The Morgan fingerprint density at radius 2 is 1.86 bits per heavy atom. The first kappa shape index (κ1) is 20.8. The average molecular weight is 384 g/mol. The lowest BCUT2D eigenvalue weighted by Gasteiger charge is -2.07. The van der Waals surface area contributed by atoms with E-state index in [4.69, 9.17) is 10.00 Å². The summed E-state index contributed by atoms with van der Waals surface area (Å²) < 4.78 is 31.1. The van der Waals surface area contributed by atoms with Crippen LogP contribution >= 0.6 is 0 Å². The van der Waals surface area contributed by atoms with Crippen molar-refractivity contribution in [3.63, 3.8) is 0 Å². The van der Waals surface area contributed by atoms with Gasteiger partial charge in [0.25, 0.3) is 5.91 Å². The van der Waals surface area contributed by atoms with Crippen molar-refractivity contribution in [2.45, 2.75) is 19.8 Å². The number of amides is 1. The number of benzene rings is 2. The molecule has 5 nitrogen and oxygen atoms in total. The number of nitrogens with one attached hydrogen (secondary N) is 1. The van der Waals surface area contributed by atoms with Gasteiger partial charge in [0.2, 0.25) is 0 Å². The number of rotatable bonds is 6. The lowest BCUT2D eigenvalue weighted by Crippen LogP contribution is -2.22. The van der Waals surface area contributed by atoms with E-state index in [0.717, 1.165) is 17.7 Å². The maximum Gasteiger partial charge on any atom is 0.349 e. The molecule has 0 saturated heterocycles. The predicted octanol–water partition coefficient (Wildman–Crippen LogP) is 4.18. The molecule has 0 atom stereocenters. The van der Waals surface area contributed by atoms with Gasteiger partial charge >= 0.3 is 5.97 Å². The van der Waals surface area contributed by atoms with Gasteiger partial charge in [0.15, 0.2) is 6.61 Å². The van der Waals surface area contributed by atoms with Crippen LogP contribution in [0.4, 0.5) is 14.5 Å². The minimum Gasteiger partial charge on any atom is -0.451 e. The van der Waals surface area contributed by atoms with Crippen LogP contribution in [0.2, 0.25) is 0 Å². The first-order valence-corrected chi connectivity index (χ1v) is 8.44. The maximum absolute atomic E-state index is 13.5. The molecule has 0 unspecified atom stereocenters. The van der Waals surface area contributed by atoms with Gasteiger partial charge in [-0.25, -0.2) is 13.6 Å². The minimum atomic E-state index is -0.981. The molecule has 1 amide bonds. The molecule has 0 bridgehead atoms. The number of nitrogens with zero attached hydrogens (tertiary/aromatic N) is 1. The Bertz CT molecular complexity index is 945. The molecule has 0 spiro atoms. The third-order valence-electron chi connectivity index (χ3n) is 3.79. The minimum absolute atomic E-state index is 0.247. The second kappa shape index (κ2) is 9.42. The number of ether oxygens (including phenoxy) is 1. The van der Waals surface area contributed by atoms with E-state index in [1.165, 1.54) is 6.08 Å². The van der Waals surface area contributed by atoms with E-state index in [1.54, 1.807) is 18.2 Å². The first-order chi connectivity index (χ1) is 13.3. The second-order valence-electron chi connectivity index (χ2n) is 6.24. The third kappa shape index (κ3) is 5.74. The molecular formula is C21H18F2N2O3. The van der Waals surface area contributed by atoms with E-state index < -0.39 is 30.1 Å². The van der Waals surface area contributed by atoms with Gasteiger partial charge in [-0.1, -0.05) is 38.1 Å². The van der Waals surface area contributed by atoms with Crippen molar-refractivity contribution < 1.29 is 23.1 Å². The summed E-state index contributed by atoms with van der Waals surface area (Å²) >= 11 is 0. The molecule has 1 N–H and O–H groups in total. The van der Waals surface area contributed by atoms with Crippen molar-refractivity contribution in [2.75, 3.05) is 11.9 Å². The Balaban J connectivity index is 1.97. The lowest BCUT2D eigenvalue weighted by molar-refractivity contribution is -0.142. The first-order valence-electron chi connectivity index (χ1n) is 8.44. The summed E-state index contributed by atoms with van der Waals surface area (Å²) in [7, 11) is 0. The van der Waals surface area contributed by atoms with Crippen LogP contribution < -0.4 is 5.32 Å². The van der Waals surface area contributed by atoms with Crippen molar-refractivity contribution >= 4 is 23.6 Å². The van der Waals surface area contributed by atoms with Gasteiger partial charge < -0.3 is 10.1 Å². The summed E-state index contributed by atoms with van der Waals surface area (Å²) in [6, 6.07) is 11.7. The van der Waals surface area contributed by atoms with Crippen molar-refractivity contribution in [1.82, 2.24) is 0 Å². The summed E-state index contributed by atoms with van der Waals surface area (Å²) in [4.78, 5) is 23.8. The van der Waals surface area contributed by atoms with Crippen molar-refractivity contribution in [1.29, 1.82) is 5.26 Å². The molecule has 0 aromatic heterocycles. The lowest BCUT2D eigenvalue weighted by atomic mass is 10.0. The maximum atomic E-state index is 13.5. The van der Waals surface area contributed by atoms with Crippen LogP contribution in [0.5, 0.6) is 0 Å². The Labute approximate surface area is 161 Å². The van der Waals surface area contributed by atoms with Crippen molar-refractivity contribution in [3.8, 4) is 6.07 Å². The number of halogens is 2. The molecule has 2 aromatic carbocycles. The van der Waals surface area contributed by atoms with Crippen LogP contribution in [-0.4, -0.2) is 18.5 Å². The second-order valence-corrected chi connectivity index (χ2v) is 6.24. The molecule has 2 rings (SSSR count). The smallest absolute Gasteiger partial charge is 0.349 e. The summed E-state index contributed by atoms with van der Waals surface area (Å²) in [5.74, 6) is -3.19. The Hall–Kier alpha value is -3.53. The number of carbonyl (C=O) groups is 2. The highest BCUT2D eigenvalue weighted by Gasteiger charge is 2.14. The largest absolute Gasteiger partial charge is 0.451 e. The highest BCUT2D eigenvalue weighted by Crippen LogP contribution is 2.17. The van der Waals surface area contributed by atoms with Gasteiger partial charge in [0, 0.05) is 6.07 Å². The molecule has 144 valence electrons. The zero-order chi connectivity index (χ0) is 20.7. The Morgan fingerprint density at radius 1 is 1.18 bits per heavy atom. The van der Waals surface area contributed by atoms with E-state index in [1.807, 2.05) is 26.0 Å². The molecule has 28 heavy (non-hydrogen) atoms. The topological polar surface area (TPSA) is 79.2 Å². The zero-order valence-corrected chi connectivity index (χ0v) is 15.3. The van der Waals surface area contributed by atoms with E-state index in [-0.39, 0.29) is 11.3 Å². The van der Waals surface area contributed by atoms with E-state index in [2.05, 4.69) is 5.32 Å².